The topological polar surface area (TPSA) is 87.7 Å². The van der Waals surface area contributed by atoms with Crippen LogP contribution in [0.3, 0.4) is 0 Å². The van der Waals surface area contributed by atoms with Crippen LogP contribution >= 0.6 is 11.3 Å². The lowest BCUT2D eigenvalue weighted by atomic mass is 9.76. The SMILES string of the molecule is CC(C)C(C)(C)CC(NC(=O)c1ccsc1)C(=O)NC1C(=O)COC1CN1CCCC1. The van der Waals surface area contributed by atoms with Crippen LogP contribution in [0.4, 0.5) is 0 Å². The lowest BCUT2D eigenvalue weighted by molar-refractivity contribution is -0.128. The number of rotatable bonds is 9. The minimum Gasteiger partial charge on any atom is -0.366 e. The van der Waals surface area contributed by atoms with E-state index in [1.807, 2.05) is 5.38 Å². The van der Waals surface area contributed by atoms with Crippen LogP contribution in [0.25, 0.3) is 0 Å². The highest BCUT2D eigenvalue weighted by Gasteiger charge is 2.40. The number of likely N-dealkylation sites (tertiary alicyclic amines) is 1. The highest BCUT2D eigenvalue weighted by atomic mass is 32.1. The average Bonchev–Trinajstić information content (AvgIpc) is 3.46. The lowest BCUT2D eigenvalue weighted by Crippen LogP contribution is -2.55. The van der Waals surface area contributed by atoms with Gasteiger partial charge in [-0.25, -0.2) is 0 Å². The number of nitrogens with one attached hydrogen (secondary N) is 2. The third-order valence-electron chi connectivity index (χ3n) is 6.79. The number of thiophene rings is 1. The molecule has 0 radical (unpaired) electrons. The number of Topliss-reactive ketones (excluding diaryl/α,β-unsaturated/α-hetero) is 1. The first-order valence-corrected chi connectivity index (χ1v) is 12.1. The van der Waals surface area contributed by atoms with Gasteiger partial charge in [-0.15, -0.1) is 0 Å². The Hall–Kier alpha value is -1.77. The van der Waals surface area contributed by atoms with Crippen molar-refractivity contribution in [3.05, 3.63) is 22.4 Å². The van der Waals surface area contributed by atoms with E-state index in [9.17, 15) is 14.4 Å². The Morgan fingerprint density at radius 3 is 2.61 bits per heavy atom. The summed E-state index contributed by atoms with van der Waals surface area (Å²) in [5.41, 5.74) is 0.368. The number of ether oxygens (including phenoxy) is 1. The molecule has 1 aromatic heterocycles. The molecule has 2 amide bonds. The molecule has 8 heteroatoms. The Labute approximate surface area is 188 Å². The molecule has 0 spiro atoms. The van der Waals surface area contributed by atoms with Crippen molar-refractivity contribution in [3.8, 4) is 0 Å². The summed E-state index contributed by atoms with van der Waals surface area (Å²) in [5.74, 6) is -0.389. The molecule has 0 bridgehead atoms. The van der Waals surface area contributed by atoms with E-state index in [-0.39, 0.29) is 35.7 Å². The van der Waals surface area contributed by atoms with Crippen molar-refractivity contribution in [1.82, 2.24) is 15.5 Å². The van der Waals surface area contributed by atoms with Gasteiger partial charge >= 0.3 is 0 Å². The van der Waals surface area contributed by atoms with E-state index in [2.05, 4.69) is 43.2 Å². The molecule has 7 nitrogen and oxygen atoms in total. The largest absolute Gasteiger partial charge is 0.366 e. The molecule has 2 aliphatic rings. The van der Waals surface area contributed by atoms with Gasteiger partial charge in [0.15, 0.2) is 5.78 Å². The van der Waals surface area contributed by atoms with Crippen molar-refractivity contribution in [1.29, 1.82) is 0 Å². The standard InChI is InChI=1S/C23H35N3O4S/c1-15(2)23(3,4)11-17(24-21(28)16-7-10-31-14-16)22(29)25-20-18(27)13-30-19(20)12-26-8-5-6-9-26/h7,10,14-15,17,19-20H,5-6,8-9,11-13H2,1-4H3,(H,24,28)(H,25,29). The first-order chi connectivity index (χ1) is 14.7. The second kappa shape index (κ2) is 10.2. The molecule has 2 fully saturated rings. The quantitative estimate of drug-likeness (QED) is 0.605. The second-order valence-electron chi connectivity index (χ2n) is 9.70. The molecule has 2 N–H and O–H groups in total. The Morgan fingerprint density at radius 2 is 2.00 bits per heavy atom. The van der Waals surface area contributed by atoms with E-state index in [0.717, 1.165) is 25.9 Å². The number of amides is 2. The van der Waals surface area contributed by atoms with Gasteiger partial charge in [0.05, 0.1) is 11.7 Å². The van der Waals surface area contributed by atoms with Gasteiger partial charge in [0, 0.05) is 11.9 Å². The van der Waals surface area contributed by atoms with Crippen molar-refractivity contribution in [3.63, 3.8) is 0 Å². The fourth-order valence-corrected chi connectivity index (χ4v) is 4.63. The van der Waals surface area contributed by atoms with Crippen LogP contribution in [0.2, 0.25) is 0 Å². The Kier molecular flexibility index (Phi) is 7.88. The third kappa shape index (κ3) is 6.14. The van der Waals surface area contributed by atoms with E-state index in [1.54, 1.807) is 11.4 Å². The average molecular weight is 450 g/mol. The number of carbonyl (C=O) groups excluding carboxylic acids is 3. The highest BCUT2D eigenvalue weighted by molar-refractivity contribution is 7.08. The first kappa shape index (κ1) is 23.9. The van der Waals surface area contributed by atoms with Crippen LogP contribution < -0.4 is 10.6 Å². The molecule has 2 aliphatic heterocycles. The molecule has 0 aromatic carbocycles. The zero-order valence-corrected chi connectivity index (χ0v) is 19.8. The van der Waals surface area contributed by atoms with Crippen LogP contribution in [-0.4, -0.2) is 66.9 Å². The predicted molar refractivity (Wildman–Crippen MR) is 121 cm³/mol. The van der Waals surface area contributed by atoms with E-state index in [1.165, 1.54) is 11.3 Å². The molecule has 3 atom stereocenters. The zero-order valence-electron chi connectivity index (χ0n) is 19.0. The fraction of sp³-hybridized carbons (Fsp3) is 0.696. The van der Waals surface area contributed by atoms with Crippen molar-refractivity contribution >= 4 is 28.9 Å². The molecular formula is C23H35N3O4S. The van der Waals surface area contributed by atoms with Crippen molar-refractivity contribution in [2.75, 3.05) is 26.2 Å². The summed E-state index contributed by atoms with van der Waals surface area (Å²) < 4.78 is 5.71. The Balaban J connectivity index is 1.71. The summed E-state index contributed by atoms with van der Waals surface area (Å²) in [6, 6.07) is 0.338. The molecule has 2 saturated heterocycles. The Morgan fingerprint density at radius 1 is 1.29 bits per heavy atom. The summed E-state index contributed by atoms with van der Waals surface area (Å²) >= 11 is 1.44. The molecule has 31 heavy (non-hydrogen) atoms. The Bertz CT molecular complexity index is 772. The maximum Gasteiger partial charge on any atom is 0.252 e. The van der Waals surface area contributed by atoms with Gasteiger partial charge in [-0.05, 0) is 55.1 Å². The van der Waals surface area contributed by atoms with Gasteiger partial charge in [-0.1, -0.05) is 27.7 Å². The lowest BCUT2D eigenvalue weighted by Gasteiger charge is -2.34. The maximum atomic E-state index is 13.3. The van der Waals surface area contributed by atoms with Crippen LogP contribution in [0, 0.1) is 11.3 Å². The van der Waals surface area contributed by atoms with Crippen LogP contribution in [0.1, 0.15) is 57.3 Å². The van der Waals surface area contributed by atoms with E-state index in [0.29, 0.717) is 24.4 Å². The van der Waals surface area contributed by atoms with Gasteiger partial charge in [0.2, 0.25) is 5.91 Å². The number of ketones is 1. The maximum absolute atomic E-state index is 13.3. The normalized spacial score (nSPS) is 23.3. The van der Waals surface area contributed by atoms with Gasteiger partial charge < -0.3 is 20.3 Å². The van der Waals surface area contributed by atoms with Crippen LogP contribution in [0.5, 0.6) is 0 Å². The first-order valence-electron chi connectivity index (χ1n) is 11.2. The molecule has 3 heterocycles. The fourth-order valence-electron chi connectivity index (χ4n) is 3.99. The molecule has 3 unspecified atom stereocenters. The van der Waals surface area contributed by atoms with Crippen LogP contribution in [-0.2, 0) is 14.3 Å². The van der Waals surface area contributed by atoms with Gasteiger partial charge in [0.1, 0.15) is 18.7 Å². The molecule has 0 saturated carbocycles. The summed E-state index contributed by atoms with van der Waals surface area (Å²) in [6.07, 6.45) is 2.43. The second-order valence-corrected chi connectivity index (χ2v) is 10.5. The summed E-state index contributed by atoms with van der Waals surface area (Å²) in [5, 5.41) is 9.41. The highest BCUT2D eigenvalue weighted by Crippen LogP contribution is 2.31. The van der Waals surface area contributed by atoms with E-state index < -0.39 is 12.1 Å². The van der Waals surface area contributed by atoms with Crippen molar-refractivity contribution in [2.45, 2.75) is 65.1 Å². The van der Waals surface area contributed by atoms with E-state index >= 15 is 0 Å². The van der Waals surface area contributed by atoms with Gasteiger partial charge in [-0.2, -0.15) is 11.3 Å². The van der Waals surface area contributed by atoms with Gasteiger partial charge in [-0.3, -0.25) is 14.4 Å². The molecule has 1 aromatic rings. The molecule has 3 rings (SSSR count). The summed E-state index contributed by atoms with van der Waals surface area (Å²) in [7, 11) is 0. The number of hydrogen-bond acceptors (Lipinski definition) is 6. The smallest absolute Gasteiger partial charge is 0.252 e. The molecular weight excluding hydrogens is 414 g/mol. The molecule has 0 aliphatic carbocycles. The number of carbonyl (C=O) groups is 3. The minimum atomic E-state index is -0.731. The number of hydrogen-bond donors (Lipinski definition) is 2. The molecule has 172 valence electrons. The predicted octanol–water partition coefficient (Wildman–Crippen LogP) is 2.47. The van der Waals surface area contributed by atoms with Crippen molar-refractivity contribution in [2.24, 2.45) is 11.3 Å². The van der Waals surface area contributed by atoms with Crippen molar-refractivity contribution < 1.29 is 19.1 Å². The van der Waals surface area contributed by atoms with E-state index in [4.69, 9.17) is 4.74 Å². The van der Waals surface area contributed by atoms with Crippen LogP contribution in [0.15, 0.2) is 16.8 Å². The summed E-state index contributed by atoms with van der Waals surface area (Å²) in [4.78, 5) is 40.7. The summed E-state index contributed by atoms with van der Waals surface area (Å²) in [6.45, 7) is 11.1. The zero-order chi connectivity index (χ0) is 22.6. The minimum absolute atomic E-state index is 0.0207. The third-order valence-corrected chi connectivity index (χ3v) is 7.47. The number of nitrogens with zero attached hydrogens (tertiary/aromatic N) is 1. The van der Waals surface area contributed by atoms with Gasteiger partial charge in [0.25, 0.3) is 5.91 Å². The monoisotopic (exact) mass is 449 g/mol.